The molecule has 2 N–H and O–H groups in total. The van der Waals surface area contributed by atoms with Gasteiger partial charge in [0, 0.05) is 76.7 Å². The van der Waals surface area contributed by atoms with E-state index in [1.165, 1.54) is 0 Å². The second-order valence-electron chi connectivity index (χ2n) is 17.2. The number of aromatic nitrogens is 2. The van der Waals surface area contributed by atoms with Crippen LogP contribution in [-0.2, 0) is 20.7 Å². The van der Waals surface area contributed by atoms with Crippen LogP contribution in [0, 0.1) is 41.8 Å². The predicted molar refractivity (Wildman–Crippen MR) is 207 cm³/mol. The van der Waals surface area contributed by atoms with E-state index in [1.54, 1.807) is 18.2 Å². The quantitative estimate of drug-likeness (QED) is 0.179. The number of rotatable bonds is 9. The molecule has 9 nitrogen and oxygen atoms in total. The topological polar surface area (TPSA) is 112 Å². The Balaban J connectivity index is 1.18. The third kappa shape index (κ3) is 6.07. The molecule has 6 fully saturated rings. The molecule has 10 rings (SSSR count). The van der Waals surface area contributed by atoms with Crippen molar-refractivity contribution in [3.63, 3.8) is 0 Å². The number of pyridine rings is 1. The summed E-state index contributed by atoms with van der Waals surface area (Å²) < 4.78 is 26.2. The molecule has 54 heavy (non-hydrogen) atoms. The zero-order chi connectivity index (χ0) is 37.8. The lowest BCUT2D eigenvalue weighted by Gasteiger charge is -2.39. The fraction of sp³-hybridized carbons (Fsp3) is 0.524. The number of nitrogens with one attached hydrogen (secondary N) is 2. The van der Waals surface area contributed by atoms with E-state index in [9.17, 15) is 14.9 Å². The maximum atomic E-state index is 17.2. The SMILES string of the molecule is Cc1nc2c(F)c(-c3cccc(Cl)c3Cl)c(CCC#N)cc2c2c1cc(C1CC(OC3CC3C(=O)NC(C)(C)C)CN1C(=O)C1CC1)n2C1C2CNC1C2. The largest absolute Gasteiger partial charge is 0.372 e. The molecule has 5 heterocycles. The molecule has 0 spiro atoms. The number of aryl methyl sites for hydroxylation is 2. The number of benzene rings is 2. The summed E-state index contributed by atoms with van der Waals surface area (Å²) in [4.78, 5) is 33.9. The van der Waals surface area contributed by atoms with Gasteiger partial charge in [0.15, 0.2) is 5.82 Å². The summed E-state index contributed by atoms with van der Waals surface area (Å²) in [7, 11) is 0. The number of carbonyl (C=O) groups excluding carboxylic acids is 2. The van der Waals surface area contributed by atoms with E-state index in [0.29, 0.717) is 64.5 Å². The molecular weight excluding hydrogens is 726 g/mol. The Kier molecular flexibility index (Phi) is 8.77. The van der Waals surface area contributed by atoms with E-state index >= 15 is 4.39 Å². The van der Waals surface area contributed by atoms with E-state index < -0.39 is 5.82 Å². The average Bonchev–Trinajstić information content (AvgIpc) is 3.88. The smallest absolute Gasteiger partial charge is 0.226 e. The first-order valence-corrected chi connectivity index (χ1v) is 20.1. The van der Waals surface area contributed by atoms with Crippen molar-refractivity contribution in [3.05, 3.63) is 63.1 Å². The summed E-state index contributed by atoms with van der Waals surface area (Å²) in [5, 5.41) is 18.6. The molecule has 282 valence electrons. The number of nitrogens with zero attached hydrogens (tertiary/aromatic N) is 4. The van der Waals surface area contributed by atoms with Crippen LogP contribution >= 0.6 is 23.2 Å². The zero-order valence-electron chi connectivity index (χ0n) is 31.0. The monoisotopic (exact) mass is 770 g/mol. The van der Waals surface area contributed by atoms with Crippen LogP contribution in [0.3, 0.4) is 0 Å². The second-order valence-corrected chi connectivity index (χ2v) is 18.0. The number of nitriles is 1. The van der Waals surface area contributed by atoms with E-state index in [1.807, 2.05) is 38.7 Å². The van der Waals surface area contributed by atoms with Crippen molar-refractivity contribution in [3.8, 4) is 17.2 Å². The van der Waals surface area contributed by atoms with Crippen molar-refractivity contribution in [2.45, 2.75) is 109 Å². The third-order valence-electron chi connectivity index (χ3n) is 12.2. The van der Waals surface area contributed by atoms with Crippen molar-refractivity contribution < 1.29 is 18.7 Å². The van der Waals surface area contributed by atoms with Gasteiger partial charge in [-0.1, -0.05) is 35.3 Å². The number of amides is 2. The molecule has 7 atom stereocenters. The number of hydrogen-bond acceptors (Lipinski definition) is 6. The lowest BCUT2D eigenvalue weighted by Crippen LogP contribution is -2.42. The Morgan fingerprint density at radius 3 is 2.63 bits per heavy atom. The van der Waals surface area contributed by atoms with Crippen LogP contribution in [0.5, 0.6) is 0 Å². The van der Waals surface area contributed by atoms with Gasteiger partial charge in [0.1, 0.15) is 5.52 Å². The van der Waals surface area contributed by atoms with Crippen LogP contribution in [0.2, 0.25) is 10.0 Å². The molecule has 2 amide bonds. The fourth-order valence-corrected chi connectivity index (χ4v) is 9.79. The zero-order valence-corrected chi connectivity index (χ0v) is 32.5. The molecule has 3 saturated carbocycles. The molecule has 7 unspecified atom stereocenters. The molecule has 12 heteroatoms. The number of likely N-dealkylation sites (tertiary alicyclic amines) is 1. The lowest BCUT2D eigenvalue weighted by atomic mass is 9.79. The molecule has 3 aliphatic heterocycles. The minimum Gasteiger partial charge on any atom is -0.372 e. The van der Waals surface area contributed by atoms with E-state index in [-0.39, 0.29) is 76.5 Å². The minimum absolute atomic E-state index is 0.0121. The number of fused-ring (bicyclic) bond motifs is 4. The van der Waals surface area contributed by atoms with Crippen molar-refractivity contribution >= 4 is 56.8 Å². The van der Waals surface area contributed by atoms with E-state index in [4.69, 9.17) is 32.9 Å². The predicted octanol–water partition coefficient (Wildman–Crippen LogP) is 7.97. The van der Waals surface area contributed by atoms with Crippen molar-refractivity contribution in [2.24, 2.45) is 17.8 Å². The number of hydrogen-bond donors (Lipinski definition) is 2. The highest BCUT2D eigenvalue weighted by atomic mass is 35.5. The van der Waals surface area contributed by atoms with Crippen molar-refractivity contribution in [1.82, 2.24) is 25.1 Å². The Morgan fingerprint density at radius 1 is 1.15 bits per heavy atom. The first-order chi connectivity index (χ1) is 25.8. The number of carbonyl (C=O) groups is 2. The Morgan fingerprint density at radius 2 is 1.94 bits per heavy atom. The first kappa shape index (κ1) is 35.9. The average molecular weight is 772 g/mol. The van der Waals surface area contributed by atoms with E-state index in [0.717, 1.165) is 42.4 Å². The molecule has 2 aromatic carbocycles. The molecule has 0 radical (unpaired) electrons. The van der Waals surface area contributed by atoms with Gasteiger partial charge in [0.05, 0.1) is 51.8 Å². The lowest BCUT2D eigenvalue weighted by molar-refractivity contribution is -0.134. The Labute approximate surface area is 324 Å². The summed E-state index contributed by atoms with van der Waals surface area (Å²) >= 11 is 13.1. The van der Waals surface area contributed by atoms with Gasteiger partial charge in [0.2, 0.25) is 11.8 Å². The van der Waals surface area contributed by atoms with Gasteiger partial charge in [-0.3, -0.25) is 9.59 Å². The molecule has 2 bridgehead atoms. The maximum absolute atomic E-state index is 17.2. The molecular formula is C42H45Cl2FN6O3. The van der Waals surface area contributed by atoms with Crippen LogP contribution in [0.4, 0.5) is 4.39 Å². The second kappa shape index (κ2) is 13.2. The molecule has 3 saturated heterocycles. The first-order valence-electron chi connectivity index (χ1n) is 19.3. The standard InChI is InChI=1S/C42H45Cl2FN6O3/c1-20-26-16-32(31-15-24(19-50(31)41(53)21-10-11-21)54-33-17-27(33)40(52)49-42(2,3)4)51(38-23-14-30(38)47-18-23)39(26)28-13-22(7-6-12-46)34(36(45)37(28)48-20)25-8-5-9-29(43)35(25)44/h5,8-9,13,16,21,23-24,27,30-31,33,38,47H,6-7,10-11,14-15,17-19H2,1-4H3,(H,49,52). The van der Waals surface area contributed by atoms with Gasteiger partial charge in [-0.15, -0.1) is 0 Å². The van der Waals surface area contributed by atoms with Crippen LogP contribution in [-0.4, -0.2) is 63.1 Å². The van der Waals surface area contributed by atoms with Crippen LogP contribution in [0.25, 0.3) is 32.9 Å². The normalized spacial score (nSPS) is 27.4. The molecule has 4 aromatic rings. The van der Waals surface area contributed by atoms with Gasteiger partial charge < -0.3 is 24.8 Å². The van der Waals surface area contributed by atoms with Crippen LogP contribution < -0.4 is 10.6 Å². The highest BCUT2D eigenvalue weighted by Crippen LogP contribution is 2.52. The summed E-state index contributed by atoms with van der Waals surface area (Å²) in [5.41, 5.74) is 3.98. The summed E-state index contributed by atoms with van der Waals surface area (Å²) in [5.74, 6) is -0.0885. The minimum atomic E-state index is -0.493. The highest BCUT2D eigenvalue weighted by Gasteiger charge is 2.52. The van der Waals surface area contributed by atoms with Gasteiger partial charge in [-0.25, -0.2) is 9.37 Å². The Bertz CT molecular complexity index is 2260. The molecule has 2 aromatic heterocycles. The van der Waals surface area contributed by atoms with Gasteiger partial charge >= 0.3 is 0 Å². The molecule has 6 aliphatic rings. The Hall–Kier alpha value is -3.75. The maximum Gasteiger partial charge on any atom is 0.226 e. The van der Waals surface area contributed by atoms with Gasteiger partial charge in [0.25, 0.3) is 0 Å². The summed E-state index contributed by atoms with van der Waals surface area (Å²) in [6.07, 6.45) is 4.27. The highest BCUT2D eigenvalue weighted by molar-refractivity contribution is 6.43. The van der Waals surface area contributed by atoms with Crippen LogP contribution in [0.15, 0.2) is 30.3 Å². The summed E-state index contributed by atoms with van der Waals surface area (Å²) in [6.45, 7) is 9.22. The van der Waals surface area contributed by atoms with Gasteiger partial charge in [-0.05, 0) is 89.5 Å². The van der Waals surface area contributed by atoms with Crippen LogP contribution in [0.1, 0.15) is 88.3 Å². The van der Waals surface area contributed by atoms with Crippen molar-refractivity contribution in [2.75, 3.05) is 13.1 Å². The third-order valence-corrected chi connectivity index (χ3v) is 13.0. The summed E-state index contributed by atoms with van der Waals surface area (Å²) in [6, 6.07) is 11.7. The van der Waals surface area contributed by atoms with Gasteiger partial charge in [-0.2, -0.15) is 5.26 Å². The van der Waals surface area contributed by atoms with E-state index in [2.05, 4.69) is 27.3 Å². The fourth-order valence-electron chi connectivity index (χ4n) is 9.39. The number of halogens is 3. The van der Waals surface area contributed by atoms with Crippen molar-refractivity contribution in [1.29, 1.82) is 5.26 Å². The number of ether oxygens (including phenoxy) is 1. The molecule has 3 aliphatic carbocycles.